The summed E-state index contributed by atoms with van der Waals surface area (Å²) in [4.78, 5) is 11.2. The molecule has 8 heteroatoms. The van der Waals surface area contributed by atoms with Crippen LogP contribution >= 0.6 is 11.5 Å². The molecule has 108 valence electrons. The minimum atomic E-state index is -0.784. The summed E-state index contributed by atoms with van der Waals surface area (Å²) in [5.41, 5.74) is 0.857. The van der Waals surface area contributed by atoms with Crippen LogP contribution in [-0.4, -0.2) is 30.9 Å². The van der Waals surface area contributed by atoms with Crippen molar-refractivity contribution in [2.75, 3.05) is 0 Å². The molecule has 0 unspecified atom stereocenters. The van der Waals surface area contributed by atoms with Crippen LogP contribution in [0.5, 0.6) is 0 Å². The molecule has 2 rings (SSSR count). The van der Waals surface area contributed by atoms with Gasteiger partial charge in [-0.2, -0.15) is 0 Å². The van der Waals surface area contributed by atoms with E-state index in [0.717, 1.165) is 10.6 Å². The predicted octanol–water partition coefficient (Wildman–Crippen LogP) is 2.51. The van der Waals surface area contributed by atoms with Gasteiger partial charge in [-0.15, -0.1) is 15.3 Å². The SMILES string of the molecule is CC(C)c1nnsc1-c1nnc(CCCCC(=O)O)o1. The van der Waals surface area contributed by atoms with E-state index in [-0.39, 0.29) is 12.3 Å². The minimum Gasteiger partial charge on any atom is -0.481 e. The third-order valence-corrected chi connectivity index (χ3v) is 3.48. The Kier molecular flexibility index (Phi) is 4.78. The summed E-state index contributed by atoms with van der Waals surface area (Å²) in [7, 11) is 0. The van der Waals surface area contributed by atoms with Gasteiger partial charge in [0.05, 0.1) is 5.69 Å². The number of unbranched alkanes of at least 4 members (excludes halogenated alkanes) is 1. The van der Waals surface area contributed by atoms with Crippen LogP contribution in [0.1, 0.15) is 50.6 Å². The van der Waals surface area contributed by atoms with Gasteiger partial charge in [0.1, 0.15) is 4.88 Å². The molecule has 0 amide bonds. The summed E-state index contributed by atoms with van der Waals surface area (Å²) in [5, 5.41) is 20.6. The zero-order chi connectivity index (χ0) is 14.5. The van der Waals surface area contributed by atoms with E-state index in [4.69, 9.17) is 9.52 Å². The van der Waals surface area contributed by atoms with Gasteiger partial charge in [-0.3, -0.25) is 4.79 Å². The Morgan fingerprint density at radius 1 is 1.30 bits per heavy atom. The van der Waals surface area contributed by atoms with Crippen LogP contribution in [-0.2, 0) is 11.2 Å². The van der Waals surface area contributed by atoms with Crippen molar-refractivity contribution in [2.45, 2.75) is 45.4 Å². The predicted molar refractivity (Wildman–Crippen MR) is 72.5 cm³/mol. The third-order valence-electron chi connectivity index (χ3n) is 2.75. The number of nitrogens with zero attached hydrogens (tertiary/aromatic N) is 4. The molecule has 0 aromatic carbocycles. The van der Waals surface area contributed by atoms with Crippen molar-refractivity contribution in [3.8, 4) is 10.8 Å². The summed E-state index contributed by atoms with van der Waals surface area (Å²) in [5.74, 6) is 0.425. The summed E-state index contributed by atoms with van der Waals surface area (Å²) in [6, 6.07) is 0. The van der Waals surface area contributed by atoms with E-state index >= 15 is 0 Å². The van der Waals surface area contributed by atoms with Crippen molar-refractivity contribution < 1.29 is 14.3 Å². The second-order valence-corrected chi connectivity index (χ2v) is 5.50. The second-order valence-electron chi connectivity index (χ2n) is 4.74. The molecule has 0 saturated heterocycles. The van der Waals surface area contributed by atoms with Crippen molar-refractivity contribution >= 4 is 17.5 Å². The molecule has 0 atom stereocenters. The van der Waals surface area contributed by atoms with E-state index < -0.39 is 5.97 Å². The smallest absolute Gasteiger partial charge is 0.303 e. The van der Waals surface area contributed by atoms with E-state index in [0.29, 0.717) is 31.0 Å². The first-order valence-electron chi connectivity index (χ1n) is 6.44. The Morgan fingerprint density at radius 2 is 2.10 bits per heavy atom. The molecule has 7 nitrogen and oxygen atoms in total. The van der Waals surface area contributed by atoms with E-state index in [1.165, 1.54) is 11.5 Å². The van der Waals surface area contributed by atoms with E-state index in [9.17, 15) is 4.79 Å². The molecule has 0 aliphatic carbocycles. The average molecular weight is 296 g/mol. The fourth-order valence-electron chi connectivity index (χ4n) is 1.72. The topological polar surface area (TPSA) is 102 Å². The third kappa shape index (κ3) is 3.60. The van der Waals surface area contributed by atoms with Crippen molar-refractivity contribution in [3.05, 3.63) is 11.6 Å². The number of carbonyl (C=O) groups is 1. The van der Waals surface area contributed by atoms with Crippen molar-refractivity contribution in [1.29, 1.82) is 0 Å². The lowest BCUT2D eigenvalue weighted by Gasteiger charge is -1.99. The van der Waals surface area contributed by atoms with Gasteiger partial charge in [0.2, 0.25) is 5.89 Å². The normalized spacial score (nSPS) is 11.2. The minimum absolute atomic E-state index is 0.164. The number of carboxylic acids is 1. The highest BCUT2D eigenvalue weighted by Gasteiger charge is 2.18. The molecule has 2 aromatic rings. The van der Waals surface area contributed by atoms with Crippen LogP contribution < -0.4 is 0 Å². The van der Waals surface area contributed by atoms with Crippen molar-refractivity contribution in [1.82, 2.24) is 19.8 Å². The molecule has 2 aromatic heterocycles. The molecular weight excluding hydrogens is 280 g/mol. The maximum atomic E-state index is 10.4. The van der Waals surface area contributed by atoms with E-state index in [1.807, 2.05) is 13.8 Å². The lowest BCUT2D eigenvalue weighted by atomic mass is 10.1. The number of carboxylic acid groups (broad SMARTS) is 1. The zero-order valence-electron chi connectivity index (χ0n) is 11.4. The monoisotopic (exact) mass is 296 g/mol. The Morgan fingerprint density at radius 3 is 2.80 bits per heavy atom. The van der Waals surface area contributed by atoms with Gasteiger partial charge in [-0.1, -0.05) is 18.3 Å². The van der Waals surface area contributed by atoms with Crippen LogP contribution in [0.25, 0.3) is 10.8 Å². The Hall–Kier alpha value is -1.83. The molecular formula is C12H16N4O3S. The number of aromatic nitrogens is 4. The van der Waals surface area contributed by atoms with Crippen molar-refractivity contribution in [3.63, 3.8) is 0 Å². The first-order chi connectivity index (χ1) is 9.58. The van der Waals surface area contributed by atoms with Gasteiger partial charge in [-0.05, 0) is 30.3 Å². The molecule has 0 bridgehead atoms. The first kappa shape index (κ1) is 14.6. The largest absolute Gasteiger partial charge is 0.481 e. The van der Waals surface area contributed by atoms with Gasteiger partial charge in [0.25, 0.3) is 5.89 Å². The van der Waals surface area contributed by atoms with Gasteiger partial charge in [0, 0.05) is 12.8 Å². The highest BCUT2D eigenvalue weighted by Crippen LogP contribution is 2.29. The maximum Gasteiger partial charge on any atom is 0.303 e. The number of rotatable bonds is 7. The maximum absolute atomic E-state index is 10.4. The lowest BCUT2D eigenvalue weighted by molar-refractivity contribution is -0.137. The summed E-state index contributed by atoms with van der Waals surface area (Å²) >= 11 is 1.24. The van der Waals surface area contributed by atoms with Gasteiger partial charge in [-0.25, -0.2) is 0 Å². The molecule has 0 saturated carbocycles. The molecule has 0 fully saturated rings. The summed E-state index contributed by atoms with van der Waals surface area (Å²) in [6.07, 6.45) is 2.07. The van der Waals surface area contributed by atoms with Gasteiger partial charge < -0.3 is 9.52 Å². The van der Waals surface area contributed by atoms with Crippen LogP contribution in [0, 0.1) is 0 Å². The molecule has 1 N–H and O–H groups in total. The zero-order valence-corrected chi connectivity index (χ0v) is 12.2. The number of aliphatic carboxylic acids is 1. The van der Waals surface area contributed by atoms with Crippen LogP contribution in [0.4, 0.5) is 0 Å². The fourth-order valence-corrected chi connectivity index (χ4v) is 2.46. The number of hydrogen-bond acceptors (Lipinski definition) is 7. The highest BCUT2D eigenvalue weighted by atomic mass is 32.1. The molecule has 0 spiro atoms. The van der Waals surface area contributed by atoms with Crippen molar-refractivity contribution in [2.24, 2.45) is 0 Å². The average Bonchev–Trinajstić information content (AvgIpc) is 3.02. The van der Waals surface area contributed by atoms with E-state index in [1.54, 1.807) is 0 Å². The Labute approximate surface area is 120 Å². The molecule has 0 aliphatic heterocycles. The molecule has 0 aliphatic rings. The van der Waals surface area contributed by atoms with Crippen LogP contribution in [0.15, 0.2) is 4.42 Å². The number of hydrogen-bond donors (Lipinski definition) is 1. The van der Waals surface area contributed by atoms with Crippen LogP contribution in [0.2, 0.25) is 0 Å². The first-order valence-corrected chi connectivity index (χ1v) is 7.22. The van der Waals surface area contributed by atoms with Gasteiger partial charge >= 0.3 is 5.97 Å². The lowest BCUT2D eigenvalue weighted by Crippen LogP contribution is -1.95. The number of aryl methyl sites for hydroxylation is 1. The molecule has 20 heavy (non-hydrogen) atoms. The Bertz CT molecular complexity index is 579. The van der Waals surface area contributed by atoms with Crippen LogP contribution in [0.3, 0.4) is 0 Å². The summed E-state index contributed by atoms with van der Waals surface area (Å²) < 4.78 is 9.51. The van der Waals surface area contributed by atoms with E-state index in [2.05, 4.69) is 19.8 Å². The fraction of sp³-hybridized carbons (Fsp3) is 0.583. The molecule has 2 heterocycles. The highest BCUT2D eigenvalue weighted by molar-refractivity contribution is 7.09. The summed E-state index contributed by atoms with van der Waals surface area (Å²) in [6.45, 7) is 4.06. The second kappa shape index (κ2) is 6.56. The standard InChI is InChI=1S/C12H16N4O3S/c1-7(2)10-11(20-16-14-10)12-15-13-8(19-12)5-3-4-6-9(17)18/h7H,3-6H2,1-2H3,(H,17,18). The molecule has 0 radical (unpaired) electrons. The van der Waals surface area contributed by atoms with Gasteiger partial charge in [0.15, 0.2) is 0 Å². The quantitative estimate of drug-likeness (QED) is 0.783. The Balaban J connectivity index is 1.98.